The molecular formula is C21H24N4O4. The van der Waals surface area contributed by atoms with Gasteiger partial charge < -0.3 is 19.3 Å². The van der Waals surface area contributed by atoms with E-state index in [0.717, 1.165) is 28.3 Å². The van der Waals surface area contributed by atoms with Gasteiger partial charge in [-0.25, -0.2) is 0 Å². The zero-order chi connectivity index (χ0) is 20.2. The van der Waals surface area contributed by atoms with E-state index in [4.69, 9.17) is 14.0 Å². The molecule has 1 amide bonds. The number of carbonyl (C=O) groups excluding carboxylic acids is 1. The smallest absolute Gasteiger partial charge is 0.251 e. The van der Waals surface area contributed by atoms with Crippen molar-refractivity contribution in [3.63, 3.8) is 0 Å². The number of aryl methyl sites for hydroxylation is 2. The van der Waals surface area contributed by atoms with Crippen molar-refractivity contribution in [2.75, 3.05) is 13.2 Å². The van der Waals surface area contributed by atoms with Crippen molar-refractivity contribution in [2.24, 2.45) is 0 Å². The van der Waals surface area contributed by atoms with Crippen LogP contribution >= 0.6 is 0 Å². The first kappa shape index (κ1) is 19.4. The van der Waals surface area contributed by atoms with Crippen LogP contribution in [0.15, 0.2) is 41.1 Å². The van der Waals surface area contributed by atoms with Gasteiger partial charge in [0.15, 0.2) is 0 Å². The van der Waals surface area contributed by atoms with Gasteiger partial charge in [0.1, 0.15) is 11.9 Å². The van der Waals surface area contributed by atoms with E-state index in [9.17, 15) is 4.79 Å². The molecule has 8 heteroatoms. The quantitative estimate of drug-likeness (QED) is 0.664. The maximum atomic E-state index is 12.7. The fraction of sp³-hybridized carbons (Fsp3) is 0.381. The Hall–Kier alpha value is -2.97. The summed E-state index contributed by atoms with van der Waals surface area (Å²) < 4.78 is 16.8. The van der Waals surface area contributed by atoms with E-state index in [1.54, 1.807) is 6.20 Å². The molecule has 0 aliphatic carbocycles. The lowest BCUT2D eigenvalue weighted by Gasteiger charge is -2.32. The van der Waals surface area contributed by atoms with Gasteiger partial charge in [0.05, 0.1) is 30.6 Å². The molecule has 1 fully saturated rings. The molecule has 0 spiro atoms. The molecule has 0 unspecified atom stereocenters. The SMILES string of the molecule is Cc1noc(C)c1CO[C@@H]1COCC[C@H]1NC(=O)c1ccc(-c2ccn[nH]2)cc1. The monoisotopic (exact) mass is 396 g/mol. The van der Waals surface area contributed by atoms with Crippen molar-refractivity contribution < 1.29 is 18.8 Å². The Bertz CT molecular complexity index is 930. The summed E-state index contributed by atoms with van der Waals surface area (Å²) in [7, 11) is 0. The van der Waals surface area contributed by atoms with E-state index in [-0.39, 0.29) is 18.1 Å². The Balaban J connectivity index is 1.39. The Morgan fingerprint density at radius 2 is 2.10 bits per heavy atom. The lowest BCUT2D eigenvalue weighted by molar-refractivity contribution is -0.0739. The van der Waals surface area contributed by atoms with E-state index < -0.39 is 0 Å². The molecule has 1 aliphatic rings. The number of ether oxygens (including phenoxy) is 2. The highest BCUT2D eigenvalue weighted by molar-refractivity contribution is 5.94. The molecule has 4 rings (SSSR count). The van der Waals surface area contributed by atoms with Gasteiger partial charge in [-0.05, 0) is 44.0 Å². The Kier molecular flexibility index (Phi) is 5.73. The molecule has 2 N–H and O–H groups in total. The number of benzene rings is 1. The summed E-state index contributed by atoms with van der Waals surface area (Å²) in [6, 6.07) is 9.19. The predicted octanol–water partition coefficient (Wildman–Crippen LogP) is 2.79. The predicted molar refractivity (Wildman–Crippen MR) is 105 cm³/mol. The molecule has 1 aliphatic heterocycles. The molecular weight excluding hydrogens is 372 g/mol. The molecule has 3 aromatic rings. The highest BCUT2D eigenvalue weighted by atomic mass is 16.5. The van der Waals surface area contributed by atoms with Crippen LogP contribution in [-0.2, 0) is 16.1 Å². The maximum Gasteiger partial charge on any atom is 0.251 e. The minimum absolute atomic E-state index is 0.121. The van der Waals surface area contributed by atoms with Crippen molar-refractivity contribution in [3.05, 3.63) is 59.1 Å². The van der Waals surface area contributed by atoms with Crippen LogP contribution in [0, 0.1) is 13.8 Å². The van der Waals surface area contributed by atoms with Gasteiger partial charge in [0.25, 0.3) is 5.91 Å². The van der Waals surface area contributed by atoms with Crippen LogP contribution in [0.5, 0.6) is 0 Å². The molecule has 3 heterocycles. The normalized spacial score (nSPS) is 19.2. The van der Waals surface area contributed by atoms with Crippen molar-refractivity contribution >= 4 is 5.91 Å². The van der Waals surface area contributed by atoms with Crippen molar-refractivity contribution in [1.29, 1.82) is 0 Å². The molecule has 0 saturated carbocycles. The number of carbonyl (C=O) groups is 1. The van der Waals surface area contributed by atoms with E-state index >= 15 is 0 Å². The number of hydrogen-bond acceptors (Lipinski definition) is 6. The van der Waals surface area contributed by atoms with Crippen molar-refractivity contribution in [1.82, 2.24) is 20.7 Å². The second-order valence-electron chi connectivity index (χ2n) is 7.14. The third kappa shape index (κ3) is 4.38. The number of amides is 1. The van der Waals surface area contributed by atoms with Gasteiger partial charge in [0, 0.05) is 23.9 Å². The lowest BCUT2D eigenvalue weighted by Crippen LogP contribution is -2.50. The van der Waals surface area contributed by atoms with E-state index in [1.807, 2.05) is 44.2 Å². The zero-order valence-corrected chi connectivity index (χ0v) is 16.5. The first-order valence-electron chi connectivity index (χ1n) is 9.63. The van der Waals surface area contributed by atoms with Crippen LogP contribution in [0.4, 0.5) is 0 Å². The van der Waals surface area contributed by atoms with Crippen LogP contribution in [-0.4, -0.2) is 46.6 Å². The zero-order valence-electron chi connectivity index (χ0n) is 16.5. The van der Waals surface area contributed by atoms with Crippen molar-refractivity contribution in [3.8, 4) is 11.3 Å². The largest absolute Gasteiger partial charge is 0.379 e. The highest BCUT2D eigenvalue weighted by Crippen LogP contribution is 2.20. The highest BCUT2D eigenvalue weighted by Gasteiger charge is 2.29. The average molecular weight is 396 g/mol. The summed E-state index contributed by atoms with van der Waals surface area (Å²) >= 11 is 0. The van der Waals surface area contributed by atoms with Crippen LogP contribution in [0.3, 0.4) is 0 Å². The molecule has 8 nitrogen and oxygen atoms in total. The number of nitrogens with zero attached hydrogens (tertiary/aromatic N) is 2. The molecule has 2 atom stereocenters. The Morgan fingerprint density at radius 3 is 2.79 bits per heavy atom. The van der Waals surface area contributed by atoms with Gasteiger partial charge in [-0.1, -0.05) is 17.3 Å². The minimum atomic E-state index is -0.231. The fourth-order valence-electron chi connectivity index (χ4n) is 3.41. The Labute approximate surface area is 168 Å². The number of H-pyrrole nitrogens is 1. The molecule has 1 saturated heterocycles. The van der Waals surface area contributed by atoms with Crippen LogP contribution < -0.4 is 5.32 Å². The number of rotatable bonds is 6. The van der Waals surface area contributed by atoms with Crippen LogP contribution in [0.2, 0.25) is 0 Å². The summed E-state index contributed by atoms with van der Waals surface area (Å²) in [5.41, 5.74) is 4.25. The minimum Gasteiger partial charge on any atom is -0.379 e. The summed E-state index contributed by atoms with van der Waals surface area (Å²) in [4.78, 5) is 12.7. The molecule has 1 aromatic carbocycles. The summed E-state index contributed by atoms with van der Waals surface area (Å²) in [5, 5.41) is 13.9. The number of aromatic nitrogens is 3. The first-order chi connectivity index (χ1) is 14.1. The third-order valence-corrected chi connectivity index (χ3v) is 5.20. The van der Waals surface area contributed by atoms with E-state index in [0.29, 0.717) is 31.8 Å². The fourth-order valence-corrected chi connectivity index (χ4v) is 3.41. The summed E-state index contributed by atoms with van der Waals surface area (Å²) in [6.07, 6.45) is 2.17. The second kappa shape index (κ2) is 8.59. The first-order valence-corrected chi connectivity index (χ1v) is 9.63. The molecule has 0 bridgehead atoms. The lowest BCUT2D eigenvalue weighted by atomic mass is 10.0. The van der Waals surface area contributed by atoms with Gasteiger partial charge in [-0.15, -0.1) is 0 Å². The maximum absolute atomic E-state index is 12.7. The van der Waals surface area contributed by atoms with Gasteiger partial charge in [0.2, 0.25) is 0 Å². The molecule has 29 heavy (non-hydrogen) atoms. The van der Waals surface area contributed by atoms with Crippen LogP contribution in [0.25, 0.3) is 11.3 Å². The van der Waals surface area contributed by atoms with Gasteiger partial charge in [-0.3, -0.25) is 9.89 Å². The average Bonchev–Trinajstić information content (AvgIpc) is 3.38. The van der Waals surface area contributed by atoms with Gasteiger partial charge >= 0.3 is 0 Å². The Morgan fingerprint density at radius 1 is 1.28 bits per heavy atom. The number of nitrogens with one attached hydrogen (secondary N) is 2. The van der Waals surface area contributed by atoms with Gasteiger partial charge in [-0.2, -0.15) is 5.10 Å². The third-order valence-electron chi connectivity index (χ3n) is 5.20. The molecule has 152 valence electrons. The van der Waals surface area contributed by atoms with Crippen LogP contribution in [0.1, 0.15) is 33.8 Å². The van der Waals surface area contributed by atoms with E-state index in [1.165, 1.54) is 0 Å². The topological polar surface area (TPSA) is 102 Å². The summed E-state index contributed by atoms with van der Waals surface area (Å²) in [5.74, 6) is 0.621. The second-order valence-corrected chi connectivity index (χ2v) is 7.14. The van der Waals surface area contributed by atoms with Crippen molar-refractivity contribution in [2.45, 2.75) is 39.0 Å². The standard InChI is InChI=1S/C21H24N4O4/c1-13-17(14(2)29-25-13)11-28-20-12-27-10-8-19(20)23-21(26)16-5-3-15(4-6-16)18-7-9-22-24-18/h3-7,9,19-20H,8,10-12H2,1-2H3,(H,22,24)(H,23,26)/t19-,20-/m1/s1. The molecule has 0 radical (unpaired) electrons. The summed E-state index contributed by atoms with van der Waals surface area (Å²) in [6.45, 7) is 5.16. The number of hydrogen-bond donors (Lipinski definition) is 2. The number of aromatic amines is 1. The molecule has 2 aromatic heterocycles. The van der Waals surface area contributed by atoms with E-state index in [2.05, 4.69) is 20.7 Å².